The molecule has 0 radical (unpaired) electrons. The van der Waals surface area contributed by atoms with Crippen LogP contribution >= 0.6 is 11.6 Å². The van der Waals surface area contributed by atoms with Gasteiger partial charge in [-0.15, -0.1) is 0 Å². The Bertz CT molecular complexity index is 961. The predicted octanol–water partition coefficient (Wildman–Crippen LogP) is 1.74. The first-order valence-corrected chi connectivity index (χ1v) is 10.1. The number of halogens is 1. The number of hydrogen-bond donors (Lipinski definition) is 1. The van der Waals surface area contributed by atoms with Gasteiger partial charge < -0.3 is 19.9 Å². The number of carbonyl (C=O) groups is 3. The highest BCUT2D eigenvalue weighted by molar-refractivity contribution is 6.30. The molecule has 3 amide bonds. The molecule has 7 nitrogen and oxygen atoms in total. The Morgan fingerprint density at radius 1 is 1.10 bits per heavy atom. The summed E-state index contributed by atoms with van der Waals surface area (Å²) in [6, 6.07) is 12.8. The molecule has 0 aromatic heterocycles. The Balaban J connectivity index is 1.43. The third-order valence-corrected chi connectivity index (χ3v) is 5.81. The minimum atomic E-state index is -0.671. The van der Waals surface area contributed by atoms with Crippen molar-refractivity contribution in [2.24, 2.45) is 0 Å². The van der Waals surface area contributed by atoms with E-state index in [2.05, 4.69) is 5.32 Å². The summed E-state index contributed by atoms with van der Waals surface area (Å²) in [5.41, 5.74) is 1.44. The lowest BCUT2D eigenvalue weighted by molar-refractivity contribution is -0.152. The molecular formula is C22H22ClN3O4. The molecule has 0 aliphatic carbocycles. The van der Waals surface area contributed by atoms with Crippen LogP contribution in [-0.4, -0.2) is 66.3 Å². The van der Waals surface area contributed by atoms with E-state index in [-0.39, 0.29) is 24.3 Å². The number of amides is 3. The van der Waals surface area contributed by atoms with E-state index in [1.165, 1.54) is 0 Å². The van der Waals surface area contributed by atoms with Crippen molar-refractivity contribution in [3.05, 3.63) is 64.7 Å². The van der Waals surface area contributed by atoms with Crippen molar-refractivity contribution in [3.63, 3.8) is 0 Å². The zero-order chi connectivity index (χ0) is 21.3. The van der Waals surface area contributed by atoms with Crippen molar-refractivity contribution in [1.82, 2.24) is 15.1 Å². The summed E-state index contributed by atoms with van der Waals surface area (Å²) in [4.78, 5) is 41.7. The van der Waals surface area contributed by atoms with E-state index in [1.54, 1.807) is 53.3 Å². The Morgan fingerprint density at radius 2 is 1.80 bits per heavy atom. The van der Waals surface area contributed by atoms with Gasteiger partial charge in [0.2, 0.25) is 11.8 Å². The van der Waals surface area contributed by atoms with Crippen LogP contribution in [0.25, 0.3) is 0 Å². The van der Waals surface area contributed by atoms with Crippen LogP contribution < -0.4 is 10.1 Å². The summed E-state index contributed by atoms with van der Waals surface area (Å²) in [5, 5.41) is 3.45. The van der Waals surface area contributed by atoms with Gasteiger partial charge in [0, 0.05) is 30.1 Å². The van der Waals surface area contributed by atoms with Gasteiger partial charge >= 0.3 is 0 Å². The van der Waals surface area contributed by atoms with Crippen molar-refractivity contribution in [3.8, 4) is 5.75 Å². The van der Waals surface area contributed by atoms with Gasteiger partial charge in [-0.25, -0.2) is 0 Å². The van der Waals surface area contributed by atoms with Crippen LogP contribution in [0.15, 0.2) is 48.5 Å². The van der Waals surface area contributed by atoms with Crippen LogP contribution in [0.5, 0.6) is 5.75 Å². The lowest BCUT2D eigenvalue weighted by Crippen LogP contribution is -2.70. The molecule has 0 bridgehead atoms. The molecular weight excluding hydrogens is 406 g/mol. The minimum absolute atomic E-state index is 0.119. The van der Waals surface area contributed by atoms with Crippen molar-refractivity contribution >= 4 is 29.3 Å². The van der Waals surface area contributed by atoms with E-state index < -0.39 is 12.1 Å². The average Bonchev–Trinajstić information content (AvgIpc) is 2.78. The van der Waals surface area contributed by atoms with Crippen LogP contribution in [0.1, 0.15) is 15.9 Å². The average molecular weight is 428 g/mol. The van der Waals surface area contributed by atoms with Gasteiger partial charge in [-0.05, 0) is 42.0 Å². The summed E-state index contributed by atoms with van der Waals surface area (Å²) in [6.07, 6.45) is 0.402. The number of carbonyl (C=O) groups excluding carboxylic acids is 3. The molecule has 2 aliphatic heterocycles. The van der Waals surface area contributed by atoms with E-state index in [9.17, 15) is 14.4 Å². The zero-order valence-electron chi connectivity index (χ0n) is 16.5. The number of methoxy groups -OCH3 is 1. The Morgan fingerprint density at radius 3 is 2.47 bits per heavy atom. The number of benzene rings is 2. The lowest BCUT2D eigenvalue weighted by atomic mass is 9.98. The highest BCUT2D eigenvalue weighted by Crippen LogP contribution is 2.21. The number of rotatable bonds is 4. The lowest BCUT2D eigenvalue weighted by Gasteiger charge is -2.45. The normalized spacial score (nSPS) is 21.1. The largest absolute Gasteiger partial charge is 0.497 e. The molecule has 2 atom stereocenters. The first kappa shape index (κ1) is 20.2. The summed E-state index contributed by atoms with van der Waals surface area (Å²) in [6.45, 7) is 0.889. The van der Waals surface area contributed by atoms with Gasteiger partial charge in [-0.1, -0.05) is 23.7 Å². The fourth-order valence-electron chi connectivity index (χ4n) is 3.90. The van der Waals surface area contributed by atoms with Crippen molar-refractivity contribution in [2.75, 3.05) is 26.7 Å². The first-order chi connectivity index (χ1) is 14.5. The van der Waals surface area contributed by atoms with Crippen LogP contribution in [0, 0.1) is 0 Å². The second-order valence-electron chi connectivity index (χ2n) is 7.42. The number of ether oxygens (including phenoxy) is 1. The van der Waals surface area contributed by atoms with E-state index in [0.717, 1.165) is 5.56 Å². The number of nitrogens with one attached hydrogen (secondary N) is 1. The molecule has 2 saturated heterocycles. The summed E-state index contributed by atoms with van der Waals surface area (Å²) < 4.78 is 5.12. The SMILES string of the molecule is COc1ccc(C(=O)N2CCN3C(=O)[C@H](Cc4ccc(Cl)cc4)NC(=O)[C@H]3C2)cc1. The Hall–Kier alpha value is -3.06. The third-order valence-electron chi connectivity index (χ3n) is 5.56. The Labute approximate surface area is 179 Å². The molecule has 2 heterocycles. The van der Waals surface area contributed by atoms with Crippen LogP contribution in [0.2, 0.25) is 5.02 Å². The molecule has 156 valence electrons. The van der Waals surface area contributed by atoms with Crippen molar-refractivity contribution < 1.29 is 19.1 Å². The number of nitrogens with zero attached hydrogens (tertiary/aromatic N) is 2. The van der Waals surface area contributed by atoms with E-state index in [4.69, 9.17) is 16.3 Å². The van der Waals surface area contributed by atoms with Gasteiger partial charge in [-0.3, -0.25) is 14.4 Å². The highest BCUT2D eigenvalue weighted by atomic mass is 35.5. The van der Waals surface area contributed by atoms with Crippen molar-refractivity contribution in [1.29, 1.82) is 0 Å². The molecule has 1 N–H and O–H groups in total. The second kappa shape index (κ2) is 8.36. The summed E-state index contributed by atoms with van der Waals surface area (Å²) in [7, 11) is 1.56. The number of piperazine rings is 2. The molecule has 2 aromatic rings. The maximum atomic E-state index is 13.0. The maximum Gasteiger partial charge on any atom is 0.254 e. The molecule has 8 heteroatoms. The van der Waals surface area contributed by atoms with Gasteiger partial charge in [0.25, 0.3) is 5.91 Å². The smallest absolute Gasteiger partial charge is 0.254 e. The monoisotopic (exact) mass is 427 g/mol. The highest BCUT2D eigenvalue weighted by Gasteiger charge is 2.44. The second-order valence-corrected chi connectivity index (χ2v) is 7.86. The molecule has 2 fully saturated rings. The Kier molecular flexibility index (Phi) is 5.63. The number of hydrogen-bond acceptors (Lipinski definition) is 4. The molecule has 2 aliphatic rings. The van der Waals surface area contributed by atoms with Crippen LogP contribution in [-0.2, 0) is 16.0 Å². The fourth-order valence-corrected chi connectivity index (χ4v) is 4.02. The molecule has 30 heavy (non-hydrogen) atoms. The first-order valence-electron chi connectivity index (χ1n) is 9.75. The summed E-state index contributed by atoms with van der Waals surface area (Å²) >= 11 is 5.91. The van der Waals surface area contributed by atoms with E-state index >= 15 is 0 Å². The quantitative estimate of drug-likeness (QED) is 0.806. The van der Waals surface area contributed by atoms with Gasteiger partial charge in [0.15, 0.2) is 0 Å². The zero-order valence-corrected chi connectivity index (χ0v) is 17.3. The fraction of sp³-hybridized carbons (Fsp3) is 0.318. The number of fused-ring (bicyclic) bond motifs is 1. The van der Waals surface area contributed by atoms with Gasteiger partial charge in [0.1, 0.15) is 17.8 Å². The molecule has 0 unspecified atom stereocenters. The van der Waals surface area contributed by atoms with Gasteiger partial charge in [0.05, 0.1) is 13.7 Å². The van der Waals surface area contributed by atoms with Crippen LogP contribution in [0.3, 0.4) is 0 Å². The minimum Gasteiger partial charge on any atom is -0.497 e. The molecule has 4 rings (SSSR count). The third kappa shape index (κ3) is 3.98. The van der Waals surface area contributed by atoms with E-state index in [0.29, 0.717) is 35.8 Å². The standard InChI is InChI=1S/C22H22ClN3O4/c1-30-17-8-4-15(5-9-17)21(28)25-10-11-26-19(13-25)20(27)24-18(22(26)29)12-14-2-6-16(23)7-3-14/h2-9,18-19H,10-13H2,1H3,(H,24,27)/t18-,19+/m0/s1. The maximum absolute atomic E-state index is 13.0. The topological polar surface area (TPSA) is 79.0 Å². The van der Waals surface area contributed by atoms with Crippen LogP contribution in [0.4, 0.5) is 0 Å². The van der Waals surface area contributed by atoms with Gasteiger partial charge in [-0.2, -0.15) is 0 Å². The van der Waals surface area contributed by atoms with E-state index in [1.807, 2.05) is 12.1 Å². The summed E-state index contributed by atoms with van der Waals surface area (Å²) in [5.74, 6) is 0.146. The molecule has 0 saturated carbocycles. The predicted molar refractivity (Wildman–Crippen MR) is 111 cm³/mol. The van der Waals surface area contributed by atoms with Crippen molar-refractivity contribution in [2.45, 2.75) is 18.5 Å². The molecule has 2 aromatic carbocycles. The molecule has 0 spiro atoms.